The van der Waals surface area contributed by atoms with Crippen LogP contribution < -0.4 is 15.8 Å². The van der Waals surface area contributed by atoms with Crippen molar-refractivity contribution in [1.29, 1.82) is 0 Å². The van der Waals surface area contributed by atoms with Gasteiger partial charge in [0.25, 0.3) is 0 Å². The van der Waals surface area contributed by atoms with Crippen LogP contribution in [0, 0.1) is 0 Å². The van der Waals surface area contributed by atoms with Gasteiger partial charge in [0.2, 0.25) is 5.88 Å². The van der Waals surface area contributed by atoms with Crippen LogP contribution in [0.15, 0.2) is 22.8 Å². The molecule has 0 bridgehead atoms. The van der Waals surface area contributed by atoms with Gasteiger partial charge < -0.3 is 24.9 Å². The van der Waals surface area contributed by atoms with Crippen molar-refractivity contribution in [3.05, 3.63) is 30.0 Å². The average molecular weight is 306 g/mol. The molecule has 0 radical (unpaired) electrons. The second-order valence-electron chi connectivity index (χ2n) is 4.78. The van der Waals surface area contributed by atoms with E-state index in [0.29, 0.717) is 43.0 Å². The molecule has 0 saturated carbocycles. The van der Waals surface area contributed by atoms with Crippen LogP contribution >= 0.6 is 0 Å². The van der Waals surface area contributed by atoms with Crippen LogP contribution in [-0.2, 0) is 17.9 Å². The zero-order valence-corrected chi connectivity index (χ0v) is 13.0. The maximum absolute atomic E-state index is 6.09. The summed E-state index contributed by atoms with van der Waals surface area (Å²) in [6.07, 6.45) is 3.60. The molecule has 7 heteroatoms. The third-order valence-corrected chi connectivity index (χ3v) is 2.98. The van der Waals surface area contributed by atoms with Gasteiger partial charge in [-0.15, -0.1) is 0 Å². The smallest absolute Gasteiger partial charge is 0.242 e. The summed E-state index contributed by atoms with van der Waals surface area (Å²) in [4.78, 5) is 8.65. The van der Waals surface area contributed by atoms with Crippen molar-refractivity contribution in [2.75, 3.05) is 24.8 Å². The second-order valence-corrected chi connectivity index (χ2v) is 4.78. The molecule has 0 aliphatic carbocycles. The Morgan fingerprint density at radius 1 is 1.36 bits per heavy atom. The molecule has 3 N–H and O–H groups in total. The molecule has 2 aromatic rings. The minimum atomic E-state index is 0.292. The summed E-state index contributed by atoms with van der Waals surface area (Å²) in [5.41, 5.74) is 6.48. The predicted octanol–water partition coefficient (Wildman–Crippen LogP) is 2.59. The van der Waals surface area contributed by atoms with E-state index in [1.54, 1.807) is 13.4 Å². The second kappa shape index (κ2) is 8.23. The van der Waals surface area contributed by atoms with E-state index in [1.807, 2.05) is 12.1 Å². The number of nitrogen functional groups attached to an aromatic ring is 1. The number of unbranched alkanes of at least 4 members (excludes halogenated alkanes) is 1. The van der Waals surface area contributed by atoms with Crippen LogP contribution in [0.1, 0.15) is 31.4 Å². The van der Waals surface area contributed by atoms with Gasteiger partial charge in [0, 0.05) is 7.11 Å². The minimum absolute atomic E-state index is 0.292. The Balaban J connectivity index is 2.14. The zero-order valence-electron chi connectivity index (χ0n) is 13.0. The molecule has 2 aromatic heterocycles. The highest BCUT2D eigenvalue weighted by Crippen LogP contribution is 2.27. The van der Waals surface area contributed by atoms with Crippen molar-refractivity contribution in [2.45, 2.75) is 32.9 Å². The third kappa shape index (κ3) is 4.36. The summed E-state index contributed by atoms with van der Waals surface area (Å²) in [7, 11) is 1.59. The first-order chi connectivity index (χ1) is 10.7. The maximum atomic E-state index is 6.09. The summed E-state index contributed by atoms with van der Waals surface area (Å²) < 4.78 is 16.0. The van der Waals surface area contributed by atoms with E-state index in [2.05, 4.69) is 22.2 Å². The van der Waals surface area contributed by atoms with E-state index in [0.717, 1.165) is 18.6 Å². The van der Waals surface area contributed by atoms with Crippen LogP contribution in [0.5, 0.6) is 5.88 Å². The fourth-order valence-corrected chi connectivity index (χ4v) is 1.83. The molecule has 0 aliphatic rings. The fraction of sp³-hybridized carbons (Fsp3) is 0.467. The van der Waals surface area contributed by atoms with Gasteiger partial charge in [-0.25, -0.2) is 4.98 Å². The first-order valence-corrected chi connectivity index (χ1v) is 7.29. The van der Waals surface area contributed by atoms with Gasteiger partial charge in [-0.1, -0.05) is 13.3 Å². The molecule has 2 rings (SSSR count). The van der Waals surface area contributed by atoms with Crippen molar-refractivity contribution in [2.24, 2.45) is 0 Å². The van der Waals surface area contributed by atoms with Crippen molar-refractivity contribution >= 4 is 11.5 Å². The van der Waals surface area contributed by atoms with Gasteiger partial charge in [0.15, 0.2) is 11.6 Å². The molecule has 0 spiro atoms. The Morgan fingerprint density at radius 3 is 2.91 bits per heavy atom. The van der Waals surface area contributed by atoms with E-state index in [-0.39, 0.29) is 0 Å². The maximum Gasteiger partial charge on any atom is 0.242 e. The van der Waals surface area contributed by atoms with Gasteiger partial charge in [-0.3, -0.25) is 0 Å². The normalized spacial score (nSPS) is 10.6. The Labute approximate surface area is 129 Å². The van der Waals surface area contributed by atoms with Crippen LogP contribution in [0.3, 0.4) is 0 Å². The number of aromatic nitrogens is 2. The van der Waals surface area contributed by atoms with Gasteiger partial charge in [0.05, 0.1) is 19.4 Å². The van der Waals surface area contributed by atoms with Crippen molar-refractivity contribution < 1.29 is 13.9 Å². The number of rotatable bonds is 9. The standard InChI is InChI=1S/C15H22N4O3/c1-3-4-7-22-15-13(16)14(18-12(19-15)10-20-2)17-9-11-6-5-8-21-11/h5-6,8H,3-4,7,9-10,16H2,1-2H3,(H,17,18,19). The van der Waals surface area contributed by atoms with Crippen molar-refractivity contribution in [1.82, 2.24) is 9.97 Å². The summed E-state index contributed by atoms with van der Waals surface area (Å²) in [5.74, 6) is 2.22. The minimum Gasteiger partial charge on any atom is -0.476 e. The zero-order chi connectivity index (χ0) is 15.8. The Morgan fingerprint density at radius 2 is 2.23 bits per heavy atom. The summed E-state index contributed by atoms with van der Waals surface area (Å²) in [6, 6.07) is 3.70. The Bertz CT molecular complexity index is 572. The Kier molecular flexibility index (Phi) is 6.02. The molecular weight excluding hydrogens is 284 g/mol. The molecule has 2 heterocycles. The SMILES string of the molecule is CCCCOc1nc(COC)nc(NCc2ccco2)c1N. The highest BCUT2D eigenvalue weighted by molar-refractivity contribution is 5.66. The lowest BCUT2D eigenvalue weighted by molar-refractivity contribution is 0.176. The van der Waals surface area contributed by atoms with Crippen LogP contribution in [-0.4, -0.2) is 23.7 Å². The molecule has 0 aliphatic heterocycles. The lowest BCUT2D eigenvalue weighted by atomic mass is 10.3. The highest BCUT2D eigenvalue weighted by atomic mass is 16.5. The fourth-order valence-electron chi connectivity index (χ4n) is 1.83. The van der Waals surface area contributed by atoms with E-state index >= 15 is 0 Å². The molecule has 0 atom stereocenters. The molecule has 7 nitrogen and oxygen atoms in total. The monoisotopic (exact) mass is 306 g/mol. The topological polar surface area (TPSA) is 95.4 Å². The number of hydrogen-bond donors (Lipinski definition) is 2. The first kappa shape index (κ1) is 16.1. The average Bonchev–Trinajstić information content (AvgIpc) is 3.02. The number of hydrogen-bond acceptors (Lipinski definition) is 7. The first-order valence-electron chi connectivity index (χ1n) is 7.29. The number of furan rings is 1. The molecule has 120 valence electrons. The molecule has 0 fully saturated rings. The number of nitrogens with one attached hydrogen (secondary N) is 1. The lowest BCUT2D eigenvalue weighted by Crippen LogP contribution is -2.11. The number of methoxy groups -OCH3 is 1. The largest absolute Gasteiger partial charge is 0.476 e. The summed E-state index contributed by atoms with van der Waals surface area (Å²) in [5, 5.41) is 3.14. The van der Waals surface area contributed by atoms with Crippen molar-refractivity contribution in [3.63, 3.8) is 0 Å². The van der Waals surface area contributed by atoms with Gasteiger partial charge in [-0.2, -0.15) is 4.98 Å². The van der Waals surface area contributed by atoms with E-state index in [1.165, 1.54) is 0 Å². The van der Waals surface area contributed by atoms with Gasteiger partial charge in [-0.05, 0) is 18.6 Å². The number of anilines is 2. The molecule has 0 saturated heterocycles. The van der Waals surface area contributed by atoms with Gasteiger partial charge >= 0.3 is 0 Å². The summed E-state index contributed by atoms with van der Waals surface area (Å²) >= 11 is 0. The van der Waals surface area contributed by atoms with E-state index < -0.39 is 0 Å². The summed E-state index contributed by atoms with van der Waals surface area (Å²) in [6.45, 7) is 3.44. The van der Waals surface area contributed by atoms with Crippen LogP contribution in [0.4, 0.5) is 11.5 Å². The highest BCUT2D eigenvalue weighted by Gasteiger charge is 2.13. The number of nitrogens with two attached hydrogens (primary N) is 1. The van der Waals surface area contributed by atoms with E-state index in [9.17, 15) is 0 Å². The molecule has 0 amide bonds. The van der Waals surface area contributed by atoms with Crippen molar-refractivity contribution in [3.8, 4) is 5.88 Å². The van der Waals surface area contributed by atoms with Crippen LogP contribution in [0.2, 0.25) is 0 Å². The lowest BCUT2D eigenvalue weighted by Gasteiger charge is -2.13. The predicted molar refractivity (Wildman–Crippen MR) is 83.6 cm³/mol. The molecule has 22 heavy (non-hydrogen) atoms. The number of ether oxygens (including phenoxy) is 2. The third-order valence-electron chi connectivity index (χ3n) is 2.98. The van der Waals surface area contributed by atoms with Crippen LogP contribution in [0.25, 0.3) is 0 Å². The quantitative estimate of drug-likeness (QED) is 0.687. The molecule has 0 unspecified atom stereocenters. The van der Waals surface area contributed by atoms with Gasteiger partial charge in [0.1, 0.15) is 18.1 Å². The van der Waals surface area contributed by atoms with E-state index in [4.69, 9.17) is 19.6 Å². The molecule has 0 aromatic carbocycles. The molecular formula is C15H22N4O3. The number of nitrogens with zero attached hydrogens (tertiary/aromatic N) is 2. The Hall–Kier alpha value is -2.28.